The van der Waals surface area contributed by atoms with Crippen molar-refractivity contribution in [3.63, 3.8) is 0 Å². The number of benzene rings is 2. The van der Waals surface area contributed by atoms with Crippen LogP contribution < -0.4 is 15.5 Å². The van der Waals surface area contributed by atoms with Crippen LogP contribution in [0.4, 0.5) is 17.1 Å². The van der Waals surface area contributed by atoms with Gasteiger partial charge < -0.3 is 15.5 Å². The molecule has 0 bridgehead atoms. The third kappa shape index (κ3) is 4.04. The summed E-state index contributed by atoms with van der Waals surface area (Å²) in [6, 6.07) is 13.3. The number of carbonyl (C=O) groups excluding carboxylic acids is 2. The molecular weight excluding hydrogens is 326 g/mol. The highest BCUT2D eigenvalue weighted by Gasteiger charge is 2.22. The van der Waals surface area contributed by atoms with Crippen molar-refractivity contribution < 1.29 is 9.59 Å². The molecule has 2 aromatic carbocycles. The van der Waals surface area contributed by atoms with Gasteiger partial charge >= 0.3 is 0 Å². The van der Waals surface area contributed by atoms with E-state index in [2.05, 4.69) is 10.6 Å². The van der Waals surface area contributed by atoms with Crippen LogP contribution in [0.3, 0.4) is 0 Å². The zero-order valence-corrected chi connectivity index (χ0v) is 15.5. The molecule has 1 aliphatic heterocycles. The number of anilines is 3. The van der Waals surface area contributed by atoms with Crippen LogP contribution in [0.25, 0.3) is 0 Å². The van der Waals surface area contributed by atoms with E-state index in [4.69, 9.17) is 0 Å². The summed E-state index contributed by atoms with van der Waals surface area (Å²) in [6.45, 7) is 6.56. The van der Waals surface area contributed by atoms with E-state index < -0.39 is 6.04 Å². The molecule has 136 valence electrons. The summed E-state index contributed by atoms with van der Waals surface area (Å²) >= 11 is 0. The van der Waals surface area contributed by atoms with Crippen LogP contribution in [-0.4, -0.2) is 24.4 Å². The number of nitrogens with one attached hydrogen (secondary N) is 2. The fourth-order valence-electron chi connectivity index (χ4n) is 3.11. The minimum Gasteiger partial charge on any atom is -0.374 e. The molecule has 1 unspecified atom stereocenters. The minimum atomic E-state index is -0.403. The van der Waals surface area contributed by atoms with Crippen LogP contribution in [0.5, 0.6) is 0 Å². The first-order chi connectivity index (χ1) is 12.4. The van der Waals surface area contributed by atoms with E-state index in [1.807, 2.05) is 63.2 Å². The Hall–Kier alpha value is -2.82. The summed E-state index contributed by atoms with van der Waals surface area (Å²) in [7, 11) is 0. The van der Waals surface area contributed by atoms with Gasteiger partial charge in [0.1, 0.15) is 6.04 Å². The van der Waals surface area contributed by atoms with E-state index in [1.54, 1.807) is 4.90 Å². The highest BCUT2D eigenvalue weighted by atomic mass is 16.2. The van der Waals surface area contributed by atoms with Gasteiger partial charge in [-0.2, -0.15) is 0 Å². The summed E-state index contributed by atoms with van der Waals surface area (Å²) in [5.74, 6) is 0.0595. The van der Waals surface area contributed by atoms with E-state index in [0.717, 1.165) is 41.2 Å². The molecule has 5 nitrogen and oxygen atoms in total. The van der Waals surface area contributed by atoms with E-state index in [9.17, 15) is 9.59 Å². The molecule has 0 aliphatic carbocycles. The van der Waals surface area contributed by atoms with Crippen molar-refractivity contribution >= 4 is 28.9 Å². The Labute approximate surface area is 154 Å². The van der Waals surface area contributed by atoms with Gasteiger partial charge in [0.25, 0.3) is 0 Å². The van der Waals surface area contributed by atoms with Gasteiger partial charge in [-0.15, -0.1) is 0 Å². The summed E-state index contributed by atoms with van der Waals surface area (Å²) in [4.78, 5) is 26.3. The Kier molecular flexibility index (Phi) is 5.26. The largest absolute Gasteiger partial charge is 0.374 e. The summed E-state index contributed by atoms with van der Waals surface area (Å²) in [5.41, 5.74) is 4.67. The van der Waals surface area contributed by atoms with Crippen molar-refractivity contribution in [1.29, 1.82) is 0 Å². The monoisotopic (exact) mass is 351 g/mol. The molecule has 1 heterocycles. The Morgan fingerprint density at radius 3 is 2.69 bits per heavy atom. The van der Waals surface area contributed by atoms with E-state index in [1.165, 1.54) is 0 Å². The molecule has 2 aromatic rings. The quantitative estimate of drug-likeness (QED) is 0.860. The fraction of sp³-hybridized carbons (Fsp3) is 0.333. The van der Waals surface area contributed by atoms with Crippen molar-refractivity contribution in [3.05, 3.63) is 53.6 Å². The molecule has 26 heavy (non-hydrogen) atoms. The number of rotatable bonds is 5. The molecule has 1 saturated heterocycles. The van der Waals surface area contributed by atoms with Gasteiger partial charge in [0.05, 0.1) is 0 Å². The molecule has 3 rings (SSSR count). The molecule has 1 fully saturated rings. The second-order valence-corrected chi connectivity index (χ2v) is 6.87. The zero-order chi connectivity index (χ0) is 18.7. The van der Waals surface area contributed by atoms with Gasteiger partial charge in [-0.05, 0) is 62.6 Å². The van der Waals surface area contributed by atoms with Gasteiger partial charge in [-0.1, -0.05) is 18.2 Å². The summed E-state index contributed by atoms with van der Waals surface area (Å²) < 4.78 is 0. The number of hydrogen-bond donors (Lipinski definition) is 2. The smallest absolute Gasteiger partial charge is 0.246 e. The predicted molar refractivity (Wildman–Crippen MR) is 106 cm³/mol. The van der Waals surface area contributed by atoms with Crippen LogP contribution in [0.15, 0.2) is 42.5 Å². The van der Waals surface area contributed by atoms with Crippen molar-refractivity contribution in [3.8, 4) is 0 Å². The van der Waals surface area contributed by atoms with Crippen molar-refractivity contribution in [2.75, 3.05) is 22.1 Å². The maximum absolute atomic E-state index is 12.5. The fourth-order valence-corrected chi connectivity index (χ4v) is 3.11. The van der Waals surface area contributed by atoms with Crippen molar-refractivity contribution in [2.24, 2.45) is 0 Å². The maximum Gasteiger partial charge on any atom is 0.246 e. The molecule has 1 aliphatic rings. The maximum atomic E-state index is 12.5. The third-order valence-corrected chi connectivity index (χ3v) is 4.66. The molecule has 5 heteroatoms. The number of aryl methyl sites for hydroxylation is 2. The molecule has 1 atom stereocenters. The predicted octanol–water partition coefficient (Wildman–Crippen LogP) is 3.87. The Bertz CT molecular complexity index is 832. The van der Waals surface area contributed by atoms with Crippen molar-refractivity contribution in [1.82, 2.24) is 0 Å². The first-order valence-electron chi connectivity index (χ1n) is 8.99. The van der Waals surface area contributed by atoms with Crippen LogP contribution in [0.1, 0.15) is 30.9 Å². The number of amides is 2. The average molecular weight is 351 g/mol. The highest BCUT2D eigenvalue weighted by molar-refractivity contribution is 5.98. The zero-order valence-electron chi connectivity index (χ0n) is 15.5. The molecule has 0 aromatic heterocycles. The molecule has 0 spiro atoms. The molecule has 2 N–H and O–H groups in total. The lowest BCUT2D eigenvalue weighted by Crippen LogP contribution is -2.32. The van der Waals surface area contributed by atoms with Crippen LogP contribution in [0.2, 0.25) is 0 Å². The normalized spacial score (nSPS) is 15.0. The van der Waals surface area contributed by atoms with Crippen LogP contribution in [-0.2, 0) is 9.59 Å². The second-order valence-electron chi connectivity index (χ2n) is 6.87. The lowest BCUT2D eigenvalue weighted by molar-refractivity contribution is -0.117. The average Bonchev–Trinajstić information content (AvgIpc) is 3.04. The molecule has 0 radical (unpaired) electrons. The first-order valence-corrected chi connectivity index (χ1v) is 8.99. The Morgan fingerprint density at radius 1 is 1.15 bits per heavy atom. The number of hydrogen-bond acceptors (Lipinski definition) is 3. The van der Waals surface area contributed by atoms with Gasteiger partial charge in [0.15, 0.2) is 0 Å². The van der Waals surface area contributed by atoms with Gasteiger partial charge in [0.2, 0.25) is 11.8 Å². The Morgan fingerprint density at radius 2 is 1.96 bits per heavy atom. The van der Waals surface area contributed by atoms with E-state index in [-0.39, 0.29) is 11.8 Å². The van der Waals surface area contributed by atoms with E-state index in [0.29, 0.717) is 6.42 Å². The lowest BCUT2D eigenvalue weighted by atomic mass is 10.1. The number of nitrogens with zero attached hydrogens (tertiary/aromatic N) is 1. The minimum absolute atomic E-state index is 0.0960. The summed E-state index contributed by atoms with van der Waals surface area (Å²) in [5, 5.41) is 6.21. The molecule has 2 amide bonds. The highest BCUT2D eigenvalue weighted by Crippen LogP contribution is 2.25. The molecular formula is C21H25N3O2. The SMILES string of the molecule is Cc1ccc(C)c(NC(=O)C(C)Nc2cccc(N3CCCC3=O)c2)c1. The van der Waals surface area contributed by atoms with Gasteiger partial charge in [-0.3, -0.25) is 9.59 Å². The lowest BCUT2D eigenvalue weighted by Gasteiger charge is -2.19. The number of carbonyl (C=O) groups is 2. The van der Waals surface area contributed by atoms with Gasteiger partial charge in [0, 0.05) is 30.0 Å². The van der Waals surface area contributed by atoms with Crippen LogP contribution in [0, 0.1) is 13.8 Å². The van der Waals surface area contributed by atoms with E-state index >= 15 is 0 Å². The second kappa shape index (κ2) is 7.60. The Balaban J connectivity index is 1.67. The van der Waals surface area contributed by atoms with Crippen LogP contribution >= 0.6 is 0 Å². The summed E-state index contributed by atoms with van der Waals surface area (Å²) in [6.07, 6.45) is 1.50. The molecule has 0 saturated carbocycles. The third-order valence-electron chi connectivity index (χ3n) is 4.66. The first kappa shape index (κ1) is 18.0. The standard InChI is InChI=1S/C21H25N3O2/c1-14-9-10-15(2)19(12-14)23-21(26)16(3)22-17-6-4-7-18(13-17)24-11-5-8-20(24)25/h4,6-7,9-10,12-13,16,22H,5,8,11H2,1-3H3,(H,23,26). The van der Waals surface area contributed by atoms with Gasteiger partial charge in [-0.25, -0.2) is 0 Å². The topological polar surface area (TPSA) is 61.4 Å². The van der Waals surface area contributed by atoms with Crippen molar-refractivity contribution in [2.45, 2.75) is 39.7 Å².